The molecule has 0 bridgehead atoms. The summed E-state index contributed by atoms with van der Waals surface area (Å²) in [5, 5.41) is 0.141. The molecular weight excluding hydrogens is 316 g/mol. The predicted octanol–water partition coefficient (Wildman–Crippen LogP) is 2.71. The minimum atomic E-state index is -1.79. The summed E-state index contributed by atoms with van der Waals surface area (Å²) in [6.45, 7) is 11.4. The Morgan fingerprint density at radius 1 is 1.00 bits per heavy atom. The van der Waals surface area contributed by atoms with Gasteiger partial charge in [0.25, 0.3) is 5.78 Å². The van der Waals surface area contributed by atoms with Gasteiger partial charge >= 0.3 is 11.9 Å². The molecule has 0 spiro atoms. The molecular formula is C16H30O6Si. The first-order valence-electron chi connectivity index (χ1n) is 7.82. The van der Waals surface area contributed by atoms with Crippen LogP contribution in [0.1, 0.15) is 40.0 Å². The van der Waals surface area contributed by atoms with E-state index in [0.29, 0.717) is 19.4 Å². The van der Waals surface area contributed by atoms with Crippen LogP contribution in [0.25, 0.3) is 0 Å². The minimum absolute atomic E-state index is 0.141. The van der Waals surface area contributed by atoms with Crippen LogP contribution in [0.15, 0.2) is 0 Å². The third-order valence-corrected chi connectivity index (χ3v) is 8.88. The van der Waals surface area contributed by atoms with Crippen LogP contribution in [0.2, 0.25) is 18.1 Å². The lowest BCUT2D eigenvalue weighted by Gasteiger charge is -2.36. The number of rotatable bonds is 9. The zero-order chi connectivity index (χ0) is 18.3. The van der Waals surface area contributed by atoms with Crippen molar-refractivity contribution in [3.8, 4) is 0 Å². The van der Waals surface area contributed by atoms with Gasteiger partial charge in [-0.05, 0) is 37.4 Å². The smallest absolute Gasteiger partial charge is 0.375 e. The summed E-state index contributed by atoms with van der Waals surface area (Å²) in [6, 6.07) is 0. The highest BCUT2D eigenvalue weighted by atomic mass is 28.4. The van der Waals surface area contributed by atoms with E-state index in [1.54, 1.807) is 0 Å². The third-order valence-electron chi connectivity index (χ3n) is 4.35. The fraction of sp³-hybridized carbons (Fsp3) is 0.812. The largest absolute Gasteiger partial charge is 0.468 e. The molecule has 0 saturated heterocycles. The molecule has 7 heteroatoms. The standard InChI is InChI=1S/C16H30O6Si/c1-16(2,3)23(6,7)22-11-9-8-10-12(14(18)20-4)13(17)15(19)21-5/h12H,8-11H2,1-7H3/t12-/m1/s1. The van der Waals surface area contributed by atoms with Gasteiger partial charge in [-0.15, -0.1) is 0 Å². The minimum Gasteiger partial charge on any atom is -0.468 e. The number of unbranched alkanes of at least 4 members (excludes halogenated alkanes) is 1. The summed E-state index contributed by atoms with van der Waals surface area (Å²) in [7, 11) is 0.519. The first-order valence-corrected chi connectivity index (χ1v) is 10.7. The third kappa shape index (κ3) is 6.82. The lowest BCUT2D eigenvalue weighted by atomic mass is 9.97. The van der Waals surface area contributed by atoms with Crippen molar-refractivity contribution in [1.29, 1.82) is 0 Å². The molecule has 0 radical (unpaired) electrons. The molecule has 0 N–H and O–H groups in total. The number of hydrogen-bond donors (Lipinski definition) is 0. The van der Waals surface area contributed by atoms with Crippen molar-refractivity contribution in [3.05, 3.63) is 0 Å². The molecule has 0 aromatic heterocycles. The normalized spacial score (nSPS) is 13.3. The van der Waals surface area contributed by atoms with E-state index < -0.39 is 32.0 Å². The van der Waals surface area contributed by atoms with Crippen LogP contribution in [0.5, 0.6) is 0 Å². The van der Waals surface area contributed by atoms with Crippen LogP contribution < -0.4 is 0 Å². The van der Waals surface area contributed by atoms with Crippen LogP contribution in [0.4, 0.5) is 0 Å². The Balaban J connectivity index is 4.43. The lowest BCUT2D eigenvalue weighted by Crippen LogP contribution is -2.41. The van der Waals surface area contributed by atoms with E-state index >= 15 is 0 Å². The first-order chi connectivity index (χ1) is 10.5. The van der Waals surface area contributed by atoms with Crippen LogP contribution in [0, 0.1) is 5.92 Å². The van der Waals surface area contributed by atoms with Gasteiger partial charge in [0.15, 0.2) is 8.32 Å². The second kappa shape index (κ2) is 9.17. The molecule has 0 aromatic rings. The maximum absolute atomic E-state index is 11.8. The van der Waals surface area contributed by atoms with E-state index in [9.17, 15) is 14.4 Å². The summed E-state index contributed by atoms with van der Waals surface area (Å²) in [4.78, 5) is 34.8. The van der Waals surface area contributed by atoms with Gasteiger partial charge in [0, 0.05) is 6.61 Å². The monoisotopic (exact) mass is 346 g/mol. The Hall–Kier alpha value is -1.21. The predicted molar refractivity (Wildman–Crippen MR) is 89.5 cm³/mol. The number of hydrogen-bond acceptors (Lipinski definition) is 6. The van der Waals surface area contributed by atoms with Crippen molar-refractivity contribution < 1.29 is 28.3 Å². The molecule has 0 aliphatic heterocycles. The molecule has 0 heterocycles. The quantitative estimate of drug-likeness (QED) is 0.210. The van der Waals surface area contributed by atoms with E-state index in [0.717, 1.165) is 7.11 Å². The zero-order valence-corrected chi connectivity index (χ0v) is 16.4. The zero-order valence-electron chi connectivity index (χ0n) is 15.4. The molecule has 0 fully saturated rings. The highest BCUT2D eigenvalue weighted by Crippen LogP contribution is 2.36. The molecule has 6 nitrogen and oxygen atoms in total. The average Bonchev–Trinajstić information content (AvgIpc) is 2.47. The van der Waals surface area contributed by atoms with Crippen LogP contribution in [-0.4, -0.2) is 46.9 Å². The van der Waals surface area contributed by atoms with E-state index in [2.05, 4.69) is 43.3 Å². The number of carbonyl (C=O) groups excluding carboxylic acids is 3. The number of Topliss-reactive ketones (excluding diaryl/α,β-unsaturated/α-hetero) is 1. The van der Waals surface area contributed by atoms with Crippen molar-refractivity contribution >= 4 is 26.0 Å². The molecule has 0 amide bonds. The maximum atomic E-state index is 11.8. The van der Waals surface area contributed by atoms with Gasteiger partial charge in [-0.1, -0.05) is 20.8 Å². The molecule has 1 atom stereocenters. The van der Waals surface area contributed by atoms with E-state index in [1.807, 2.05) is 0 Å². The molecule has 0 rings (SSSR count). The summed E-state index contributed by atoms with van der Waals surface area (Å²) in [5.74, 6) is -3.67. The molecule has 134 valence electrons. The van der Waals surface area contributed by atoms with Gasteiger partial charge in [0.05, 0.1) is 14.2 Å². The lowest BCUT2D eigenvalue weighted by molar-refractivity contribution is -0.160. The van der Waals surface area contributed by atoms with Crippen LogP contribution in [0.3, 0.4) is 0 Å². The van der Waals surface area contributed by atoms with Gasteiger partial charge in [-0.2, -0.15) is 0 Å². The van der Waals surface area contributed by atoms with Crippen molar-refractivity contribution in [2.45, 2.75) is 58.2 Å². The SMILES string of the molecule is COC(=O)C(=O)[C@@H](CCCCO[Si](C)(C)C(C)(C)C)C(=O)OC. The fourth-order valence-electron chi connectivity index (χ4n) is 1.74. The maximum Gasteiger partial charge on any atom is 0.375 e. The topological polar surface area (TPSA) is 78.9 Å². The molecule has 0 aromatic carbocycles. The molecule has 23 heavy (non-hydrogen) atoms. The molecule has 0 saturated carbocycles. The number of ether oxygens (including phenoxy) is 2. The van der Waals surface area contributed by atoms with Gasteiger partial charge in [-0.3, -0.25) is 9.59 Å². The highest BCUT2D eigenvalue weighted by molar-refractivity contribution is 6.74. The van der Waals surface area contributed by atoms with E-state index in [4.69, 9.17) is 4.43 Å². The first kappa shape index (κ1) is 21.8. The summed E-state index contributed by atoms with van der Waals surface area (Å²) in [5.41, 5.74) is 0. The second-order valence-electron chi connectivity index (χ2n) is 7.04. The van der Waals surface area contributed by atoms with Crippen molar-refractivity contribution in [3.63, 3.8) is 0 Å². The Morgan fingerprint density at radius 2 is 1.57 bits per heavy atom. The van der Waals surface area contributed by atoms with Crippen LogP contribution >= 0.6 is 0 Å². The van der Waals surface area contributed by atoms with Gasteiger partial charge < -0.3 is 13.9 Å². The van der Waals surface area contributed by atoms with E-state index in [1.165, 1.54) is 7.11 Å². The number of methoxy groups -OCH3 is 2. The van der Waals surface area contributed by atoms with Gasteiger partial charge in [-0.25, -0.2) is 4.79 Å². The number of carbonyl (C=O) groups is 3. The average molecular weight is 346 g/mol. The Bertz CT molecular complexity index is 425. The van der Waals surface area contributed by atoms with Crippen LogP contribution in [-0.2, 0) is 28.3 Å². The van der Waals surface area contributed by atoms with Crippen molar-refractivity contribution in [2.24, 2.45) is 5.92 Å². The Morgan fingerprint density at radius 3 is 2.00 bits per heavy atom. The van der Waals surface area contributed by atoms with Gasteiger partial charge in [0.2, 0.25) is 0 Å². The van der Waals surface area contributed by atoms with Crippen molar-refractivity contribution in [1.82, 2.24) is 0 Å². The van der Waals surface area contributed by atoms with E-state index in [-0.39, 0.29) is 11.5 Å². The highest BCUT2D eigenvalue weighted by Gasteiger charge is 2.37. The fourth-order valence-corrected chi connectivity index (χ4v) is 2.82. The Labute approximate surface area is 140 Å². The number of ketones is 1. The molecule has 0 aliphatic rings. The molecule has 0 aliphatic carbocycles. The number of esters is 2. The van der Waals surface area contributed by atoms with Crippen molar-refractivity contribution in [2.75, 3.05) is 20.8 Å². The summed E-state index contributed by atoms with van der Waals surface area (Å²) in [6.07, 6.45) is 1.56. The Kier molecular flexibility index (Phi) is 8.69. The summed E-state index contributed by atoms with van der Waals surface area (Å²) < 4.78 is 15.0. The summed E-state index contributed by atoms with van der Waals surface area (Å²) >= 11 is 0. The second-order valence-corrected chi connectivity index (χ2v) is 11.8. The molecule has 0 unspecified atom stereocenters. The van der Waals surface area contributed by atoms with Gasteiger partial charge in [0.1, 0.15) is 5.92 Å².